The molecule has 0 radical (unpaired) electrons. The first-order valence-corrected chi connectivity index (χ1v) is 15.9. The average Bonchev–Trinajstić information content (AvgIpc) is 3.43. The monoisotopic (exact) mass is 629 g/mol. The van der Waals surface area contributed by atoms with Crippen LogP contribution in [0, 0.1) is 5.82 Å². The number of sulfonamides is 1. The van der Waals surface area contributed by atoms with Crippen LogP contribution in [0.5, 0.6) is 0 Å². The number of nitrogens with zero attached hydrogens (tertiary/aromatic N) is 2. The van der Waals surface area contributed by atoms with Crippen molar-refractivity contribution in [3.8, 4) is 0 Å². The van der Waals surface area contributed by atoms with Gasteiger partial charge in [-0.1, -0.05) is 71.2 Å². The van der Waals surface area contributed by atoms with Crippen molar-refractivity contribution in [2.24, 2.45) is 0 Å². The second kappa shape index (κ2) is 13.4. The van der Waals surface area contributed by atoms with E-state index in [-0.39, 0.29) is 30.6 Å². The van der Waals surface area contributed by atoms with Gasteiger partial charge in [-0.05, 0) is 60.4 Å². The van der Waals surface area contributed by atoms with Gasteiger partial charge >= 0.3 is 0 Å². The molecule has 1 N–H and O–H groups in total. The molecule has 3 aromatic carbocycles. The molecular formula is C30H33BrFN3O4S. The summed E-state index contributed by atoms with van der Waals surface area (Å²) in [5.74, 6) is -1.34. The minimum Gasteiger partial charge on any atom is -0.352 e. The molecule has 0 heterocycles. The van der Waals surface area contributed by atoms with Crippen molar-refractivity contribution in [2.75, 3.05) is 17.1 Å². The van der Waals surface area contributed by atoms with Crippen LogP contribution in [0.1, 0.15) is 36.8 Å². The Balaban J connectivity index is 1.72. The second-order valence-electron chi connectivity index (χ2n) is 10.1. The van der Waals surface area contributed by atoms with E-state index in [2.05, 4.69) is 21.2 Å². The Morgan fingerprint density at radius 2 is 1.62 bits per heavy atom. The smallest absolute Gasteiger partial charge is 0.244 e. The van der Waals surface area contributed by atoms with Gasteiger partial charge in [0.1, 0.15) is 18.4 Å². The third kappa shape index (κ3) is 8.14. The van der Waals surface area contributed by atoms with Crippen LogP contribution in [0.25, 0.3) is 0 Å². The summed E-state index contributed by atoms with van der Waals surface area (Å²) >= 11 is 3.47. The number of anilines is 1. The zero-order valence-electron chi connectivity index (χ0n) is 22.3. The van der Waals surface area contributed by atoms with E-state index in [1.54, 1.807) is 0 Å². The lowest BCUT2D eigenvalue weighted by molar-refractivity contribution is -0.140. The number of carbonyl (C=O) groups is 2. The molecule has 0 unspecified atom stereocenters. The fourth-order valence-corrected chi connectivity index (χ4v) is 6.27. The molecule has 0 saturated heterocycles. The molecule has 4 rings (SSSR count). The summed E-state index contributed by atoms with van der Waals surface area (Å²) in [6.07, 6.45) is 5.10. The van der Waals surface area contributed by atoms with Crippen molar-refractivity contribution >= 4 is 43.5 Å². The van der Waals surface area contributed by atoms with Crippen LogP contribution < -0.4 is 9.62 Å². The van der Waals surface area contributed by atoms with Crippen LogP contribution in [0.4, 0.5) is 10.1 Å². The van der Waals surface area contributed by atoms with Gasteiger partial charge in [-0.2, -0.15) is 0 Å². The Morgan fingerprint density at radius 3 is 2.25 bits per heavy atom. The summed E-state index contributed by atoms with van der Waals surface area (Å²) in [5, 5.41) is 3.14. The molecule has 0 aliphatic heterocycles. The summed E-state index contributed by atoms with van der Waals surface area (Å²) in [6.45, 7) is -0.449. The molecule has 0 bridgehead atoms. The van der Waals surface area contributed by atoms with Crippen molar-refractivity contribution in [3.05, 3.63) is 100 Å². The molecule has 0 spiro atoms. The standard InChI is InChI=1S/C30H33BrFN3O4S/c1-40(38,39)35(27-16-14-25(32)15-17-27)21-29(36)34(20-23-10-7-11-24(31)18-23)28(19-22-8-3-2-4-9-22)30(37)33-26-12-5-6-13-26/h2-4,7-11,14-18,26,28H,5-6,12-13,19-21H2,1H3,(H,33,37)/t28-/m1/s1. The molecule has 2 amide bonds. The average molecular weight is 631 g/mol. The highest BCUT2D eigenvalue weighted by molar-refractivity contribution is 9.10. The van der Waals surface area contributed by atoms with Gasteiger partial charge in [0.2, 0.25) is 21.8 Å². The van der Waals surface area contributed by atoms with Crippen LogP contribution in [0.15, 0.2) is 83.3 Å². The van der Waals surface area contributed by atoms with E-state index in [4.69, 9.17) is 0 Å². The predicted molar refractivity (Wildman–Crippen MR) is 158 cm³/mol. The number of nitrogens with one attached hydrogen (secondary N) is 1. The van der Waals surface area contributed by atoms with E-state index in [1.807, 2.05) is 54.6 Å². The highest BCUT2D eigenvalue weighted by Gasteiger charge is 2.34. The zero-order valence-corrected chi connectivity index (χ0v) is 24.7. The van der Waals surface area contributed by atoms with Crippen LogP contribution in [0.3, 0.4) is 0 Å². The fraction of sp³-hybridized carbons (Fsp3) is 0.333. The lowest BCUT2D eigenvalue weighted by atomic mass is 10.0. The second-order valence-corrected chi connectivity index (χ2v) is 12.9. The number of carbonyl (C=O) groups excluding carboxylic acids is 2. The number of hydrogen-bond acceptors (Lipinski definition) is 4. The van der Waals surface area contributed by atoms with Gasteiger partial charge in [0.25, 0.3) is 0 Å². The Labute approximate surface area is 243 Å². The Kier molecular flexibility index (Phi) is 9.97. The first-order chi connectivity index (χ1) is 19.1. The van der Waals surface area contributed by atoms with Gasteiger partial charge in [-0.25, -0.2) is 12.8 Å². The summed E-state index contributed by atoms with van der Waals surface area (Å²) in [7, 11) is -3.91. The maximum atomic E-state index is 14.1. The maximum Gasteiger partial charge on any atom is 0.244 e. The van der Waals surface area contributed by atoms with Crippen LogP contribution >= 0.6 is 15.9 Å². The van der Waals surface area contributed by atoms with E-state index >= 15 is 0 Å². The SMILES string of the molecule is CS(=O)(=O)N(CC(=O)N(Cc1cccc(Br)c1)[C@H](Cc1ccccc1)C(=O)NC1CCCC1)c1ccc(F)cc1. The van der Waals surface area contributed by atoms with Gasteiger partial charge < -0.3 is 10.2 Å². The first kappa shape index (κ1) is 29.7. The molecular weight excluding hydrogens is 597 g/mol. The molecule has 1 saturated carbocycles. The third-order valence-corrected chi connectivity index (χ3v) is 8.64. The Bertz CT molecular complexity index is 1410. The van der Waals surface area contributed by atoms with E-state index in [0.717, 1.165) is 64.0 Å². The number of hydrogen-bond donors (Lipinski definition) is 1. The van der Waals surface area contributed by atoms with Crippen LogP contribution in [-0.4, -0.2) is 50.0 Å². The molecule has 1 aliphatic rings. The highest BCUT2D eigenvalue weighted by Crippen LogP contribution is 2.23. The molecule has 1 fully saturated rings. The fourth-order valence-electron chi connectivity index (χ4n) is 4.97. The number of halogens is 2. The van der Waals surface area contributed by atoms with Gasteiger partial charge in [0.15, 0.2) is 0 Å². The van der Waals surface area contributed by atoms with Crippen LogP contribution in [-0.2, 0) is 32.6 Å². The lowest BCUT2D eigenvalue weighted by Crippen LogP contribution is -2.54. The first-order valence-electron chi connectivity index (χ1n) is 13.2. The number of benzene rings is 3. The molecule has 212 valence electrons. The predicted octanol–water partition coefficient (Wildman–Crippen LogP) is 5.05. The summed E-state index contributed by atoms with van der Waals surface area (Å²) in [5.41, 5.74) is 1.82. The van der Waals surface area contributed by atoms with E-state index in [9.17, 15) is 22.4 Å². The van der Waals surface area contributed by atoms with Gasteiger partial charge in [0, 0.05) is 23.5 Å². The quantitative estimate of drug-likeness (QED) is 0.321. The Morgan fingerprint density at radius 1 is 0.975 bits per heavy atom. The summed E-state index contributed by atoms with van der Waals surface area (Å²) in [4.78, 5) is 29.3. The van der Waals surface area contributed by atoms with Crippen LogP contribution in [0.2, 0.25) is 0 Å². The molecule has 7 nitrogen and oxygen atoms in total. The minimum atomic E-state index is -3.91. The Hall–Kier alpha value is -3.24. The van der Waals surface area contributed by atoms with Gasteiger partial charge in [0.05, 0.1) is 11.9 Å². The van der Waals surface area contributed by atoms with Crippen molar-refractivity contribution in [1.29, 1.82) is 0 Å². The largest absolute Gasteiger partial charge is 0.352 e. The number of rotatable bonds is 11. The van der Waals surface area contributed by atoms with Gasteiger partial charge in [-0.15, -0.1) is 0 Å². The minimum absolute atomic E-state index is 0.0420. The van der Waals surface area contributed by atoms with Crippen molar-refractivity contribution in [2.45, 2.75) is 50.7 Å². The number of amides is 2. The molecule has 10 heteroatoms. The molecule has 40 heavy (non-hydrogen) atoms. The van der Waals surface area contributed by atoms with Gasteiger partial charge in [-0.3, -0.25) is 13.9 Å². The van der Waals surface area contributed by atoms with Crippen molar-refractivity contribution in [1.82, 2.24) is 10.2 Å². The summed E-state index contributed by atoms with van der Waals surface area (Å²) < 4.78 is 40.9. The van der Waals surface area contributed by atoms with Crippen molar-refractivity contribution < 1.29 is 22.4 Å². The van der Waals surface area contributed by atoms with E-state index in [0.29, 0.717) is 0 Å². The maximum absolute atomic E-state index is 14.1. The topological polar surface area (TPSA) is 86.8 Å². The van der Waals surface area contributed by atoms with E-state index in [1.165, 1.54) is 17.0 Å². The lowest BCUT2D eigenvalue weighted by Gasteiger charge is -2.34. The van der Waals surface area contributed by atoms with Crippen molar-refractivity contribution in [3.63, 3.8) is 0 Å². The molecule has 0 aromatic heterocycles. The highest BCUT2D eigenvalue weighted by atomic mass is 79.9. The summed E-state index contributed by atoms with van der Waals surface area (Å²) in [6, 6.07) is 20.9. The zero-order chi connectivity index (χ0) is 28.7. The molecule has 3 aromatic rings. The van der Waals surface area contributed by atoms with E-state index < -0.39 is 34.3 Å². The molecule has 1 aliphatic carbocycles. The normalized spacial score (nSPS) is 14.5. The molecule has 1 atom stereocenters. The third-order valence-electron chi connectivity index (χ3n) is 7.01.